The number of esters is 1. The van der Waals surface area contributed by atoms with Gasteiger partial charge in [-0.15, -0.1) is 0 Å². The Morgan fingerprint density at radius 3 is 2.48 bits per heavy atom. The largest absolute Gasteiger partial charge is 0.469 e. The predicted molar refractivity (Wildman–Crippen MR) is 108 cm³/mol. The summed E-state index contributed by atoms with van der Waals surface area (Å²) in [6.07, 6.45) is -0.403. The van der Waals surface area contributed by atoms with E-state index in [2.05, 4.69) is 4.74 Å². The molecule has 1 unspecified atom stereocenters. The normalized spacial score (nSPS) is 17.0. The van der Waals surface area contributed by atoms with Gasteiger partial charge in [0.1, 0.15) is 17.5 Å². The summed E-state index contributed by atoms with van der Waals surface area (Å²) in [7, 11) is 1.16. The van der Waals surface area contributed by atoms with Crippen LogP contribution in [-0.2, 0) is 21.7 Å². The molecule has 0 fully saturated rings. The zero-order valence-corrected chi connectivity index (χ0v) is 17.2. The van der Waals surface area contributed by atoms with Gasteiger partial charge in [0.05, 0.1) is 19.1 Å². The van der Waals surface area contributed by atoms with Crippen LogP contribution in [0, 0.1) is 17.5 Å². The molecule has 0 saturated carbocycles. The minimum absolute atomic E-state index is 0.0904. The van der Waals surface area contributed by atoms with E-state index in [0.29, 0.717) is 0 Å². The molecular weight excluding hydrogens is 433 g/mol. The molecule has 1 aliphatic rings. The lowest BCUT2D eigenvalue weighted by Crippen LogP contribution is -2.32. The molecule has 1 aliphatic heterocycles. The summed E-state index contributed by atoms with van der Waals surface area (Å²) in [5, 5.41) is 0.214. The van der Waals surface area contributed by atoms with Gasteiger partial charge < -0.3 is 14.2 Å². The summed E-state index contributed by atoms with van der Waals surface area (Å²) >= 11 is 5.82. The minimum Gasteiger partial charge on any atom is -0.469 e. The number of methoxy groups -OCH3 is 1. The van der Waals surface area contributed by atoms with Crippen molar-refractivity contribution in [2.45, 2.75) is 19.1 Å². The van der Waals surface area contributed by atoms with E-state index >= 15 is 0 Å². The summed E-state index contributed by atoms with van der Waals surface area (Å²) in [6, 6.07) is 10.7. The highest BCUT2D eigenvalue weighted by molar-refractivity contribution is 6.30. The maximum absolute atomic E-state index is 14.9. The summed E-state index contributed by atoms with van der Waals surface area (Å²) in [5.41, 5.74) is 0.0917. The average molecular weight is 449 g/mol. The van der Waals surface area contributed by atoms with E-state index in [1.807, 2.05) is 0 Å². The number of carbonyl (C=O) groups excluding carboxylic acids is 1. The van der Waals surface area contributed by atoms with Crippen LogP contribution in [0.4, 0.5) is 13.2 Å². The first-order valence-corrected chi connectivity index (χ1v) is 9.61. The van der Waals surface area contributed by atoms with Crippen molar-refractivity contribution in [3.05, 3.63) is 82.1 Å². The van der Waals surface area contributed by atoms with E-state index in [4.69, 9.17) is 21.1 Å². The van der Waals surface area contributed by atoms with Gasteiger partial charge >= 0.3 is 5.97 Å². The fraction of sp³-hybridized carbons (Fsp3) is 0.174. The molecule has 3 aromatic rings. The molecule has 8 heteroatoms. The van der Waals surface area contributed by atoms with Crippen LogP contribution in [0.15, 0.2) is 48.5 Å². The molecule has 4 nitrogen and oxygen atoms in total. The van der Waals surface area contributed by atoms with Gasteiger partial charge in [-0.3, -0.25) is 4.79 Å². The lowest BCUT2D eigenvalue weighted by Gasteiger charge is -2.24. The zero-order valence-electron chi connectivity index (χ0n) is 16.5. The second-order valence-corrected chi connectivity index (χ2v) is 7.52. The van der Waals surface area contributed by atoms with Crippen LogP contribution >= 0.6 is 11.6 Å². The topological polar surface area (TPSA) is 44.8 Å². The highest BCUT2D eigenvalue weighted by Crippen LogP contribution is 2.50. The third-order valence-corrected chi connectivity index (χ3v) is 5.22. The number of para-hydroxylation sites is 1. The van der Waals surface area contributed by atoms with Crippen molar-refractivity contribution in [2.75, 3.05) is 7.11 Å². The molecule has 1 heterocycles. The number of benzene rings is 3. The lowest BCUT2D eigenvalue weighted by molar-refractivity contribution is -0.139. The van der Waals surface area contributed by atoms with Gasteiger partial charge in [-0.25, -0.2) is 13.2 Å². The molecule has 0 amide bonds. The van der Waals surface area contributed by atoms with E-state index < -0.39 is 35.6 Å². The Labute approximate surface area is 181 Å². The molecule has 0 saturated heterocycles. The van der Waals surface area contributed by atoms with Crippen LogP contribution in [0.25, 0.3) is 11.1 Å². The molecular formula is C23H16ClF3O4. The standard InChI is InChI=1S/C23H16ClF3O4/c1-23(16-7-6-13(24)10-19(16)27)30-20-5-3-4-14(22(20)31-23)15-11-17(25)12(8-18(15)26)9-21(28)29-2/h3-8,10-11H,9H2,1-2H3. The van der Waals surface area contributed by atoms with Crippen molar-refractivity contribution < 1.29 is 32.2 Å². The predicted octanol–water partition coefficient (Wildman–Crippen LogP) is 5.78. The number of hydrogen-bond donors (Lipinski definition) is 0. The Morgan fingerprint density at radius 2 is 1.77 bits per heavy atom. The fourth-order valence-corrected chi connectivity index (χ4v) is 3.62. The van der Waals surface area contributed by atoms with Gasteiger partial charge in [-0.2, -0.15) is 0 Å². The minimum atomic E-state index is -1.53. The second kappa shape index (κ2) is 7.81. The molecule has 3 aromatic carbocycles. The maximum Gasteiger partial charge on any atom is 0.310 e. The molecule has 0 aliphatic carbocycles. The smallest absolute Gasteiger partial charge is 0.310 e. The lowest BCUT2D eigenvalue weighted by atomic mass is 10.00. The van der Waals surface area contributed by atoms with Crippen LogP contribution in [-0.4, -0.2) is 13.1 Å². The van der Waals surface area contributed by atoms with Crippen LogP contribution in [0.3, 0.4) is 0 Å². The van der Waals surface area contributed by atoms with Gasteiger partial charge in [-0.1, -0.05) is 23.7 Å². The quantitative estimate of drug-likeness (QED) is 0.474. The maximum atomic E-state index is 14.9. The van der Waals surface area contributed by atoms with Gasteiger partial charge in [0.15, 0.2) is 11.5 Å². The Bertz CT molecular complexity index is 1200. The summed E-state index contributed by atoms with van der Waals surface area (Å²) in [5.74, 6) is -4.01. The molecule has 4 rings (SSSR count). The highest BCUT2D eigenvalue weighted by Gasteiger charge is 2.42. The first-order chi connectivity index (χ1) is 14.7. The van der Waals surface area contributed by atoms with Crippen molar-refractivity contribution in [1.29, 1.82) is 0 Å². The molecule has 0 spiro atoms. The summed E-state index contributed by atoms with van der Waals surface area (Å²) in [6.45, 7) is 1.51. The molecule has 31 heavy (non-hydrogen) atoms. The molecule has 1 atom stereocenters. The van der Waals surface area contributed by atoms with Crippen molar-refractivity contribution >= 4 is 17.6 Å². The third kappa shape index (κ3) is 3.81. The first-order valence-electron chi connectivity index (χ1n) is 9.23. The number of hydrogen-bond acceptors (Lipinski definition) is 4. The fourth-order valence-electron chi connectivity index (χ4n) is 3.46. The molecule has 0 radical (unpaired) electrons. The Hall–Kier alpha value is -3.19. The molecule has 0 aromatic heterocycles. The van der Waals surface area contributed by atoms with E-state index in [-0.39, 0.29) is 38.8 Å². The average Bonchev–Trinajstić information content (AvgIpc) is 3.07. The summed E-state index contributed by atoms with van der Waals surface area (Å²) in [4.78, 5) is 11.4. The van der Waals surface area contributed by atoms with Crippen molar-refractivity contribution in [1.82, 2.24) is 0 Å². The Balaban J connectivity index is 1.75. The number of ether oxygens (including phenoxy) is 3. The second-order valence-electron chi connectivity index (χ2n) is 7.08. The van der Waals surface area contributed by atoms with E-state index in [0.717, 1.165) is 25.3 Å². The van der Waals surface area contributed by atoms with Crippen LogP contribution in [0.5, 0.6) is 11.5 Å². The van der Waals surface area contributed by atoms with Crippen molar-refractivity contribution in [2.24, 2.45) is 0 Å². The van der Waals surface area contributed by atoms with Gasteiger partial charge in [0.25, 0.3) is 5.79 Å². The van der Waals surface area contributed by atoms with Gasteiger partial charge in [-0.05, 0) is 36.4 Å². The number of rotatable bonds is 4. The zero-order chi connectivity index (χ0) is 22.3. The number of fused-ring (bicyclic) bond motifs is 1. The van der Waals surface area contributed by atoms with Crippen molar-refractivity contribution in [3.63, 3.8) is 0 Å². The summed E-state index contributed by atoms with van der Waals surface area (Å²) < 4.78 is 60.2. The molecule has 0 N–H and O–H groups in total. The SMILES string of the molecule is COC(=O)Cc1cc(F)c(-c2cccc3c2OC(C)(c2ccc(Cl)cc2F)O3)cc1F. The van der Waals surface area contributed by atoms with Gasteiger partial charge in [0, 0.05) is 28.6 Å². The molecule has 160 valence electrons. The molecule has 0 bridgehead atoms. The van der Waals surface area contributed by atoms with E-state index in [1.54, 1.807) is 12.1 Å². The monoisotopic (exact) mass is 448 g/mol. The van der Waals surface area contributed by atoms with Crippen LogP contribution < -0.4 is 9.47 Å². The van der Waals surface area contributed by atoms with E-state index in [9.17, 15) is 18.0 Å². The number of halogens is 4. The van der Waals surface area contributed by atoms with E-state index in [1.165, 1.54) is 25.1 Å². The highest BCUT2D eigenvalue weighted by atomic mass is 35.5. The Morgan fingerprint density at radius 1 is 1.00 bits per heavy atom. The third-order valence-electron chi connectivity index (χ3n) is 4.99. The number of carbonyl (C=O) groups is 1. The van der Waals surface area contributed by atoms with Crippen LogP contribution in [0.1, 0.15) is 18.1 Å². The van der Waals surface area contributed by atoms with Crippen LogP contribution in [0.2, 0.25) is 5.02 Å². The van der Waals surface area contributed by atoms with Crippen molar-refractivity contribution in [3.8, 4) is 22.6 Å². The Kier molecular flexibility index (Phi) is 5.31. The first kappa shape index (κ1) is 21.1. The van der Waals surface area contributed by atoms with Gasteiger partial charge in [0.2, 0.25) is 0 Å².